The van der Waals surface area contributed by atoms with Crippen LogP contribution in [0.4, 0.5) is 10.5 Å². The molecule has 1 heterocycles. The number of carbonyl (C=O) groups excluding carboxylic acids is 3. The number of amides is 4. The van der Waals surface area contributed by atoms with E-state index in [4.69, 9.17) is 25.8 Å². The molecule has 8 nitrogen and oxygen atoms in total. The number of carbonyl (C=O) groups is 3. The molecule has 0 radical (unpaired) electrons. The Balaban J connectivity index is 1.37. The fourth-order valence-electron chi connectivity index (χ4n) is 4.36. The van der Waals surface area contributed by atoms with E-state index in [0.29, 0.717) is 27.8 Å². The van der Waals surface area contributed by atoms with E-state index in [1.54, 1.807) is 48.5 Å². The standard InChI is InChI=1S/C33H27ClN2O6/c1-21-6-5-7-22(16-21)19-42-30-18-27(40-2)13-10-23(30)17-28-31(37)35-33(39)36(32(28)38)25-11-14-26(15-12-25)41-20-24-8-3-4-9-29(24)34/h3-18H,19-20H2,1-2H3,(H,35,37,39)/b28-17+. The van der Waals surface area contributed by atoms with E-state index in [9.17, 15) is 14.4 Å². The van der Waals surface area contributed by atoms with Crippen LogP contribution in [0, 0.1) is 6.92 Å². The Morgan fingerprint density at radius 2 is 1.60 bits per heavy atom. The molecular weight excluding hydrogens is 556 g/mol. The van der Waals surface area contributed by atoms with Crippen molar-refractivity contribution < 1.29 is 28.6 Å². The lowest BCUT2D eigenvalue weighted by Gasteiger charge is -2.26. The number of ether oxygens (including phenoxy) is 3. The van der Waals surface area contributed by atoms with Crippen molar-refractivity contribution in [1.82, 2.24) is 5.32 Å². The quantitative estimate of drug-likeness (QED) is 0.179. The maximum absolute atomic E-state index is 13.5. The molecule has 0 saturated carbocycles. The third-order valence-corrected chi connectivity index (χ3v) is 6.91. The molecular formula is C33H27ClN2O6. The molecule has 1 fully saturated rings. The van der Waals surface area contributed by atoms with Gasteiger partial charge in [0.15, 0.2) is 0 Å². The number of aryl methyl sites for hydroxylation is 1. The molecule has 42 heavy (non-hydrogen) atoms. The molecule has 0 atom stereocenters. The Hall–Kier alpha value is -5.08. The smallest absolute Gasteiger partial charge is 0.335 e. The van der Waals surface area contributed by atoms with Gasteiger partial charge in [-0.3, -0.25) is 14.9 Å². The van der Waals surface area contributed by atoms with Gasteiger partial charge in [0.1, 0.15) is 36.0 Å². The molecule has 0 aromatic heterocycles. The van der Waals surface area contributed by atoms with Crippen LogP contribution in [0.1, 0.15) is 22.3 Å². The molecule has 4 aromatic carbocycles. The van der Waals surface area contributed by atoms with Crippen LogP contribution in [0.3, 0.4) is 0 Å². The Morgan fingerprint density at radius 1 is 0.833 bits per heavy atom. The lowest BCUT2D eigenvalue weighted by molar-refractivity contribution is -0.122. The molecule has 0 bridgehead atoms. The molecule has 1 N–H and O–H groups in total. The van der Waals surface area contributed by atoms with Gasteiger partial charge in [-0.15, -0.1) is 0 Å². The van der Waals surface area contributed by atoms with Gasteiger partial charge in [0.2, 0.25) is 0 Å². The second kappa shape index (κ2) is 12.6. The Morgan fingerprint density at radius 3 is 2.33 bits per heavy atom. The van der Waals surface area contributed by atoms with Crippen molar-refractivity contribution in [3.8, 4) is 17.2 Å². The number of halogens is 1. The predicted octanol–water partition coefficient (Wildman–Crippen LogP) is 6.48. The van der Waals surface area contributed by atoms with E-state index in [0.717, 1.165) is 21.6 Å². The first-order valence-electron chi connectivity index (χ1n) is 13.1. The van der Waals surface area contributed by atoms with Crippen LogP contribution in [0.5, 0.6) is 17.2 Å². The summed E-state index contributed by atoms with van der Waals surface area (Å²) in [4.78, 5) is 40.0. The molecule has 0 unspecified atom stereocenters. The van der Waals surface area contributed by atoms with Crippen molar-refractivity contribution in [3.63, 3.8) is 0 Å². The summed E-state index contributed by atoms with van der Waals surface area (Å²) < 4.78 is 17.2. The van der Waals surface area contributed by atoms with E-state index in [2.05, 4.69) is 5.32 Å². The van der Waals surface area contributed by atoms with Gasteiger partial charge in [-0.05, 0) is 61.0 Å². The molecule has 9 heteroatoms. The number of methoxy groups -OCH3 is 1. The summed E-state index contributed by atoms with van der Waals surface area (Å²) in [7, 11) is 1.53. The van der Waals surface area contributed by atoms with Crippen molar-refractivity contribution >= 4 is 41.2 Å². The predicted molar refractivity (Wildman–Crippen MR) is 160 cm³/mol. The Kier molecular flexibility index (Phi) is 8.55. The van der Waals surface area contributed by atoms with E-state index in [1.807, 2.05) is 49.4 Å². The number of urea groups is 1. The van der Waals surface area contributed by atoms with Gasteiger partial charge < -0.3 is 14.2 Å². The van der Waals surface area contributed by atoms with Crippen molar-refractivity contribution in [1.29, 1.82) is 0 Å². The number of anilines is 1. The monoisotopic (exact) mass is 582 g/mol. The van der Waals surface area contributed by atoms with E-state index >= 15 is 0 Å². The number of nitrogens with zero attached hydrogens (tertiary/aromatic N) is 1. The van der Waals surface area contributed by atoms with E-state index in [-0.39, 0.29) is 24.5 Å². The first-order chi connectivity index (χ1) is 20.3. The lowest BCUT2D eigenvalue weighted by atomic mass is 10.1. The maximum Gasteiger partial charge on any atom is 0.335 e. The molecule has 1 saturated heterocycles. The van der Waals surface area contributed by atoms with Gasteiger partial charge in [-0.1, -0.05) is 59.6 Å². The van der Waals surface area contributed by atoms with Gasteiger partial charge in [0.25, 0.3) is 11.8 Å². The van der Waals surface area contributed by atoms with Gasteiger partial charge in [0, 0.05) is 22.2 Å². The number of hydrogen-bond donors (Lipinski definition) is 1. The highest BCUT2D eigenvalue weighted by atomic mass is 35.5. The molecule has 5 rings (SSSR count). The molecule has 4 amide bonds. The van der Waals surface area contributed by atoms with Gasteiger partial charge in [-0.2, -0.15) is 0 Å². The first kappa shape index (κ1) is 28.4. The number of rotatable bonds is 9. The number of nitrogens with one attached hydrogen (secondary N) is 1. The number of benzene rings is 4. The van der Waals surface area contributed by atoms with Crippen molar-refractivity contribution in [2.45, 2.75) is 20.1 Å². The minimum absolute atomic E-state index is 0.223. The number of hydrogen-bond acceptors (Lipinski definition) is 6. The maximum atomic E-state index is 13.5. The zero-order valence-corrected chi connectivity index (χ0v) is 23.7. The highest BCUT2D eigenvalue weighted by molar-refractivity contribution is 6.39. The van der Waals surface area contributed by atoms with Crippen molar-refractivity contribution in [2.24, 2.45) is 0 Å². The molecule has 0 aliphatic carbocycles. The van der Waals surface area contributed by atoms with Crippen LogP contribution in [0.15, 0.2) is 96.6 Å². The zero-order valence-electron chi connectivity index (χ0n) is 22.9. The van der Waals surface area contributed by atoms with Crippen molar-refractivity contribution in [2.75, 3.05) is 12.0 Å². The zero-order chi connectivity index (χ0) is 29.6. The average Bonchev–Trinajstić information content (AvgIpc) is 2.98. The second-order valence-corrected chi connectivity index (χ2v) is 9.92. The summed E-state index contributed by atoms with van der Waals surface area (Å²) in [6.07, 6.45) is 1.41. The van der Waals surface area contributed by atoms with Gasteiger partial charge in [-0.25, -0.2) is 9.69 Å². The van der Waals surface area contributed by atoms with Gasteiger partial charge in [0.05, 0.1) is 12.8 Å². The highest BCUT2D eigenvalue weighted by Crippen LogP contribution is 2.30. The fourth-order valence-corrected chi connectivity index (χ4v) is 4.55. The summed E-state index contributed by atoms with van der Waals surface area (Å²) in [5, 5.41) is 2.84. The topological polar surface area (TPSA) is 94.2 Å². The average molecular weight is 583 g/mol. The largest absolute Gasteiger partial charge is 0.497 e. The fraction of sp³-hybridized carbons (Fsp3) is 0.121. The van der Waals surface area contributed by atoms with E-state index in [1.165, 1.54) is 13.2 Å². The second-order valence-electron chi connectivity index (χ2n) is 9.51. The summed E-state index contributed by atoms with van der Waals surface area (Å²) in [5.41, 5.74) is 3.39. The number of imide groups is 2. The highest BCUT2D eigenvalue weighted by Gasteiger charge is 2.37. The molecule has 4 aromatic rings. The molecule has 0 spiro atoms. The van der Waals surface area contributed by atoms with Crippen LogP contribution in [0.25, 0.3) is 6.08 Å². The minimum Gasteiger partial charge on any atom is -0.497 e. The Labute approximate surface area is 248 Å². The molecule has 212 valence electrons. The number of barbiturate groups is 1. The summed E-state index contributed by atoms with van der Waals surface area (Å²) in [6, 6.07) is 25.8. The lowest BCUT2D eigenvalue weighted by Crippen LogP contribution is -2.54. The third kappa shape index (κ3) is 6.45. The SMILES string of the molecule is COc1ccc(/C=C2\C(=O)NC(=O)N(c3ccc(OCc4ccccc4Cl)cc3)C2=O)c(OCc2cccc(C)c2)c1. The normalized spacial score (nSPS) is 14.1. The van der Waals surface area contributed by atoms with Crippen LogP contribution < -0.4 is 24.4 Å². The Bertz CT molecular complexity index is 1680. The minimum atomic E-state index is -0.850. The summed E-state index contributed by atoms with van der Waals surface area (Å²) in [5.74, 6) is -0.101. The molecule has 1 aliphatic heterocycles. The summed E-state index contributed by atoms with van der Waals surface area (Å²) >= 11 is 6.19. The third-order valence-electron chi connectivity index (χ3n) is 6.55. The van der Waals surface area contributed by atoms with Gasteiger partial charge >= 0.3 is 6.03 Å². The molecule has 1 aliphatic rings. The van der Waals surface area contributed by atoms with E-state index < -0.39 is 17.8 Å². The van der Waals surface area contributed by atoms with Crippen molar-refractivity contribution in [3.05, 3.63) is 124 Å². The summed E-state index contributed by atoms with van der Waals surface area (Å²) in [6.45, 7) is 2.51. The first-order valence-corrected chi connectivity index (χ1v) is 13.4. The van der Waals surface area contributed by atoms with Crippen LogP contribution in [-0.4, -0.2) is 25.0 Å². The van der Waals surface area contributed by atoms with Crippen LogP contribution in [-0.2, 0) is 22.8 Å². The van der Waals surface area contributed by atoms with Crippen LogP contribution in [0.2, 0.25) is 5.02 Å². The van der Waals surface area contributed by atoms with Crippen LogP contribution >= 0.6 is 11.6 Å².